The lowest BCUT2D eigenvalue weighted by Gasteiger charge is -2.15. The first-order valence-corrected chi connectivity index (χ1v) is 8.40. The Morgan fingerprint density at radius 3 is 2.52 bits per heavy atom. The number of esters is 1. The zero-order valence-corrected chi connectivity index (χ0v) is 15.1. The second-order valence-corrected chi connectivity index (χ2v) is 6.04. The van der Waals surface area contributed by atoms with Gasteiger partial charge in [0.1, 0.15) is 0 Å². The molecule has 7 nitrogen and oxygen atoms in total. The van der Waals surface area contributed by atoms with E-state index >= 15 is 0 Å². The first-order valence-electron chi connectivity index (χ1n) is 8.40. The molecule has 0 bridgehead atoms. The minimum absolute atomic E-state index is 0.234. The number of hydrogen-bond donors (Lipinski definition) is 3. The van der Waals surface area contributed by atoms with Gasteiger partial charge in [-0.05, 0) is 45.2 Å². The van der Waals surface area contributed by atoms with E-state index in [1.807, 2.05) is 32.0 Å². The molecule has 0 spiro atoms. The molecule has 0 aliphatic heterocycles. The van der Waals surface area contributed by atoms with Crippen molar-refractivity contribution in [3.05, 3.63) is 29.3 Å². The van der Waals surface area contributed by atoms with Crippen LogP contribution in [0.15, 0.2) is 18.2 Å². The van der Waals surface area contributed by atoms with E-state index in [0.717, 1.165) is 24.0 Å². The molecule has 3 amide bonds. The van der Waals surface area contributed by atoms with Gasteiger partial charge in [0.25, 0.3) is 5.91 Å². The number of nitrogens with two attached hydrogens (primary N) is 1. The second-order valence-electron chi connectivity index (χ2n) is 6.04. The van der Waals surface area contributed by atoms with E-state index in [1.54, 1.807) is 6.92 Å². The molecule has 1 aromatic rings. The van der Waals surface area contributed by atoms with Gasteiger partial charge in [-0.25, -0.2) is 4.79 Å². The Balaban J connectivity index is 2.29. The number of benzene rings is 1. The molecule has 0 radical (unpaired) electrons. The zero-order chi connectivity index (χ0) is 18.8. The Kier molecular flexibility index (Phi) is 8.46. The molecular weight excluding hydrogens is 322 g/mol. The molecule has 0 saturated carbocycles. The van der Waals surface area contributed by atoms with Crippen LogP contribution in [0.2, 0.25) is 0 Å². The highest BCUT2D eigenvalue weighted by Gasteiger charge is 2.18. The predicted octanol–water partition coefficient (Wildman–Crippen LogP) is 2.40. The van der Waals surface area contributed by atoms with E-state index < -0.39 is 18.1 Å². The van der Waals surface area contributed by atoms with Gasteiger partial charge in [0.05, 0.1) is 0 Å². The Morgan fingerprint density at radius 2 is 1.88 bits per heavy atom. The number of primary amides is 1. The summed E-state index contributed by atoms with van der Waals surface area (Å²) in [6, 6.07) is 5.16. The SMILES string of the molecule is Cc1ccc(NC(=O)[C@H](C)OC(=O)CCCCCNC(N)=O)c(C)c1. The first kappa shape index (κ1) is 20.5. The molecule has 0 aliphatic rings. The van der Waals surface area contributed by atoms with Gasteiger partial charge in [0, 0.05) is 18.7 Å². The number of ether oxygens (including phenoxy) is 1. The number of amides is 3. The summed E-state index contributed by atoms with van der Waals surface area (Å²) in [7, 11) is 0. The van der Waals surface area contributed by atoms with Gasteiger partial charge in [0.2, 0.25) is 0 Å². The monoisotopic (exact) mass is 349 g/mol. The van der Waals surface area contributed by atoms with E-state index in [9.17, 15) is 14.4 Å². The highest BCUT2D eigenvalue weighted by molar-refractivity contribution is 5.95. The molecule has 7 heteroatoms. The van der Waals surface area contributed by atoms with Crippen molar-refractivity contribution in [2.45, 2.75) is 52.6 Å². The van der Waals surface area contributed by atoms with Gasteiger partial charge in [-0.2, -0.15) is 0 Å². The van der Waals surface area contributed by atoms with Crippen molar-refractivity contribution >= 4 is 23.6 Å². The highest BCUT2D eigenvalue weighted by Crippen LogP contribution is 2.16. The van der Waals surface area contributed by atoms with Crippen LogP contribution in [0.1, 0.15) is 43.7 Å². The van der Waals surface area contributed by atoms with Gasteiger partial charge in [-0.15, -0.1) is 0 Å². The quantitative estimate of drug-likeness (QED) is 0.469. The number of unbranched alkanes of at least 4 members (excludes halogenated alkanes) is 2. The van der Waals surface area contributed by atoms with Crippen LogP contribution in [0.25, 0.3) is 0 Å². The van der Waals surface area contributed by atoms with Crippen molar-refractivity contribution in [1.82, 2.24) is 5.32 Å². The Morgan fingerprint density at radius 1 is 1.16 bits per heavy atom. The molecule has 0 fully saturated rings. The van der Waals surface area contributed by atoms with Crippen molar-refractivity contribution in [2.24, 2.45) is 5.73 Å². The average molecular weight is 349 g/mol. The molecule has 0 aliphatic carbocycles. The molecule has 1 rings (SSSR count). The van der Waals surface area contributed by atoms with Crippen LogP contribution in [-0.2, 0) is 14.3 Å². The van der Waals surface area contributed by atoms with Gasteiger partial charge in [-0.1, -0.05) is 24.1 Å². The number of nitrogens with one attached hydrogen (secondary N) is 2. The van der Waals surface area contributed by atoms with Crippen LogP contribution in [0.3, 0.4) is 0 Å². The van der Waals surface area contributed by atoms with Crippen molar-refractivity contribution in [2.75, 3.05) is 11.9 Å². The molecule has 0 heterocycles. The second kappa shape index (κ2) is 10.3. The van der Waals surface area contributed by atoms with Crippen LogP contribution in [-0.4, -0.2) is 30.6 Å². The summed E-state index contributed by atoms with van der Waals surface area (Å²) in [6.07, 6.45) is 1.50. The fourth-order valence-corrected chi connectivity index (χ4v) is 2.28. The summed E-state index contributed by atoms with van der Waals surface area (Å²) in [5.41, 5.74) is 7.72. The van der Waals surface area contributed by atoms with E-state index in [4.69, 9.17) is 10.5 Å². The van der Waals surface area contributed by atoms with Crippen LogP contribution >= 0.6 is 0 Å². The summed E-state index contributed by atoms with van der Waals surface area (Å²) in [5.74, 6) is -0.767. The summed E-state index contributed by atoms with van der Waals surface area (Å²) >= 11 is 0. The molecule has 138 valence electrons. The van der Waals surface area contributed by atoms with E-state index in [0.29, 0.717) is 18.7 Å². The smallest absolute Gasteiger partial charge is 0.312 e. The molecule has 25 heavy (non-hydrogen) atoms. The number of rotatable bonds is 9. The van der Waals surface area contributed by atoms with E-state index in [1.165, 1.54) is 0 Å². The summed E-state index contributed by atoms with van der Waals surface area (Å²) in [5, 5.41) is 5.25. The number of anilines is 1. The van der Waals surface area contributed by atoms with Gasteiger partial charge < -0.3 is 21.1 Å². The number of hydrogen-bond acceptors (Lipinski definition) is 4. The Bertz CT molecular complexity index is 616. The van der Waals surface area contributed by atoms with Crippen LogP contribution in [0.5, 0.6) is 0 Å². The topological polar surface area (TPSA) is 111 Å². The highest BCUT2D eigenvalue weighted by atomic mass is 16.5. The maximum absolute atomic E-state index is 12.1. The van der Waals surface area contributed by atoms with Crippen molar-refractivity contribution < 1.29 is 19.1 Å². The molecule has 4 N–H and O–H groups in total. The Labute approximate surface area is 148 Å². The molecule has 1 aromatic carbocycles. The minimum Gasteiger partial charge on any atom is -0.453 e. The molecule has 0 aromatic heterocycles. The van der Waals surface area contributed by atoms with Crippen LogP contribution < -0.4 is 16.4 Å². The number of aryl methyl sites for hydroxylation is 2. The predicted molar refractivity (Wildman–Crippen MR) is 96.2 cm³/mol. The maximum Gasteiger partial charge on any atom is 0.312 e. The first-order chi connectivity index (χ1) is 11.8. The molecule has 0 unspecified atom stereocenters. The third-order valence-corrected chi connectivity index (χ3v) is 3.67. The lowest BCUT2D eigenvalue weighted by atomic mass is 10.1. The summed E-state index contributed by atoms with van der Waals surface area (Å²) in [6.45, 7) is 5.92. The molecular formula is C18H27N3O4. The molecule has 1 atom stereocenters. The van der Waals surface area contributed by atoms with E-state index in [-0.39, 0.29) is 12.3 Å². The largest absolute Gasteiger partial charge is 0.453 e. The van der Waals surface area contributed by atoms with Crippen molar-refractivity contribution in [1.29, 1.82) is 0 Å². The number of urea groups is 1. The van der Waals surface area contributed by atoms with Gasteiger partial charge in [-0.3, -0.25) is 9.59 Å². The third-order valence-electron chi connectivity index (χ3n) is 3.67. The maximum atomic E-state index is 12.1. The van der Waals surface area contributed by atoms with E-state index in [2.05, 4.69) is 10.6 Å². The lowest BCUT2D eigenvalue weighted by molar-refractivity contribution is -0.153. The standard InChI is InChI=1S/C18H27N3O4/c1-12-8-9-15(13(2)11-12)21-17(23)14(3)25-16(22)7-5-4-6-10-20-18(19)24/h8-9,11,14H,4-7,10H2,1-3H3,(H,21,23)(H3,19,20,24)/t14-/m0/s1. The Hall–Kier alpha value is -2.57. The third kappa shape index (κ3) is 8.19. The molecule has 0 saturated heterocycles. The van der Waals surface area contributed by atoms with Crippen molar-refractivity contribution in [3.63, 3.8) is 0 Å². The van der Waals surface area contributed by atoms with Gasteiger partial charge >= 0.3 is 12.0 Å². The zero-order valence-electron chi connectivity index (χ0n) is 15.1. The fourth-order valence-electron chi connectivity index (χ4n) is 2.28. The normalized spacial score (nSPS) is 11.5. The lowest BCUT2D eigenvalue weighted by Crippen LogP contribution is -2.30. The van der Waals surface area contributed by atoms with Crippen molar-refractivity contribution in [3.8, 4) is 0 Å². The van der Waals surface area contributed by atoms with Crippen LogP contribution in [0.4, 0.5) is 10.5 Å². The summed E-state index contributed by atoms with van der Waals surface area (Å²) < 4.78 is 5.15. The van der Waals surface area contributed by atoms with Gasteiger partial charge in [0.15, 0.2) is 6.10 Å². The summed E-state index contributed by atoms with van der Waals surface area (Å²) in [4.78, 5) is 34.4. The average Bonchev–Trinajstić information content (AvgIpc) is 2.52. The number of carbonyl (C=O) groups excluding carboxylic acids is 3. The van der Waals surface area contributed by atoms with Crippen LogP contribution in [0, 0.1) is 13.8 Å². The fraction of sp³-hybridized carbons (Fsp3) is 0.500. The number of carbonyl (C=O) groups is 3. The minimum atomic E-state index is -0.857.